The van der Waals surface area contributed by atoms with E-state index in [-0.39, 0.29) is 5.54 Å². The minimum Gasteiger partial charge on any atom is -0.295 e. The maximum atomic E-state index is 4.26. The molecule has 1 aromatic rings. The normalized spacial score (nSPS) is 13.8. The smallest absolute Gasteiger partial charge is 0.0322 e. The quantitative estimate of drug-likeness (QED) is 0.756. The number of likely N-dealkylation sites (N-methyl/N-ethyl adjacent to an activating group) is 1. The highest BCUT2D eigenvalue weighted by Gasteiger charge is 2.24. The lowest BCUT2D eigenvalue weighted by molar-refractivity contribution is 0.155. The Kier molecular flexibility index (Phi) is 4.16. The summed E-state index contributed by atoms with van der Waals surface area (Å²) in [7, 11) is 2.16. The van der Waals surface area contributed by atoms with Crippen molar-refractivity contribution >= 4 is 5.57 Å². The van der Waals surface area contributed by atoms with Gasteiger partial charge in [-0.15, -0.1) is 0 Å². The number of aryl methyl sites for hydroxylation is 1. The molecular weight excluding hydrogens is 206 g/mol. The summed E-state index contributed by atoms with van der Waals surface area (Å²) in [4.78, 5) is 2.36. The molecular formula is C16H25N. The fraction of sp³-hybridized carbons (Fsp3) is 0.500. The van der Waals surface area contributed by atoms with Gasteiger partial charge in [-0.2, -0.15) is 0 Å². The second kappa shape index (κ2) is 5.05. The molecule has 0 saturated carbocycles. The number of rotatable bonds is 3. The Balaban J connectivity index is 2.91. The molecule has 1 atom stereocenters. The van der Waals surface area contributed by atoms with Crippen molar-refractivity contribution in [1.29, 1.82) is 0 Å². The van der Waals surface area contributed by atoms with Crippen LogP contribution < -0.4 is 0 Å². The van der Waals surface area contributed by atoms with E-state index in [0.717, 1.165) is 0 Å². The molecule has 1 aromatic carbocycles. The van der Waals surface area contributed by atoms with Crippen LogP contribution in [0.2, 0.25) is 0 Å². The number of nitrogens with zero attached hydrogens (tertiary/aromatic N) is 1. The molecule has 0 N–H and O–H groups in total. The Morgan fingerprint density at radius 2 is 1.88 bits per heavy atom. The van der Waals surface area contributed by atoms with Gasteiger partial charge in [0.15, 0.2) is 0 Å². The maximum Gasteiger partial charge on any atom is 0.0322 e. The molecule has 0 heterocycles. The lowest BCUT2D eigenvalue weighted by atomic mass is 9.95. The molecule has 0 aromatic heterocycles. The van der Waals surface area contributed by atoms with E-state index in [0.29, 0.717) is 6.04 Å². The average Bonchev–Trinajstić information content (AvgIpc) is 2.25. The Morgan fingerprint density at radius 1 is 1.29 bits per heavy atom. The minimum absolute atomic E-state index is 0.159. The van der Waals surface area contributed by atoms with E-state index in [4.69, 9.17) is 0 Å². The van der Waals surface area contributed by atoms with Crippen molar-refractivity contribution in [2.75, 3.05) is 7.05 Å². The van der Waals surface area contributed by atoms with Gasteiger partial charge in [0.1, 0.15) is 0 Å². The molecule has 0 radical (unpaired) electrons. The highest BCUT2D eigenvalue weighted by molar-refractivity contribution is 5.67. The summed E-state index contributed by atoms with van der Waals surface area (Å²) >= 11 is 0. The van der Waals surface area contributed by atoms with Crippen LogP contribution in [0.25, 0.3) is 5.57 Å². The third kappa shape index (κ3) is 3.44. The molecule has 0 amide bonds. The van der Waals surface area contributed by atoms with Crippen LogP contribution in [0, 0.1) is 6.92 Å². The van der Waals surface area contributed by atoms with Crippen LogP contribution in [0.1, 0.15) is 38.8 Å². The maximum absolute atomic E-state index is 4.26. The van der Waals surface area contributed by atoms with Gasteiger partial charge in [0.2, 0.25) is 0 Å². The monoisotopic (exact) mass is 231 g/mol. The molecule has 0 bridgehead atoms. The summed E-state index contributed by atoms with van der Waals surface area (Å²) < 4.78 is 0. The zero-order chi connectivity index (χ0) is 13.2. The molecule has 1 nitrogen and oxygen atoms in total. The second-order valence-electron chi connectivity index (χ2n) is 5.85. The largest absolute Gasteiger partial charge is 0.295 e. The topological polar surface area (TPSA) is 3.24 Å². The van der Waals surface area contributed by atoms with Gasteiger partial charge in [-0.3, -0.25) is 4.90 Å². The number of benzene rings is 1. The van der Waals surface area contributed by atoms with E-state index in [1.807, 2.05) is 0 Å². The van der Waals surface area contributed by atoms with Crippen LogP contribution in [-0.4, -0.2) is 23.5 Å². The molecule has 17 heavy (non-hydrogen) atoms. The van der Waals surface area contributed by atoms with Crippen LogP contribution in [-0.2, 0) is 0 Å². The predicted octanol–water partition coefficient (Wildman–Crippen LogP) is 4.13. The van der Waals surface area contributed by atoms with Gasteiger partial charge in [0.05, 0.1) is 0 Å². The standard InChI is InChI=1S/C16H25N/c1-12-9-8-10-15(11-12)13(2)14(3)17(7)16(4,5)6/h8-11,14H,2H2,1,3-7H3. The molecule has 0 aliphatic heterocycles. The molecule has 1 heteroatoms. The van der Waals surface area contributed by atoms with Crippen molar-refractivity contribution in [3.8, 4) is 0 Å². The first-order valence-corrected chi connectivity index (χ1v) is 6.22. The summed E-state index contributed by atoms with van der Waals surface area (Å²) in [5.74, 6) is 0. The van der Waals surface area contributed by atoms with Crippen molar-refractivity contribution in [1.82, 2.24) is 4.90 Å². The van der Waals surface area contributed by atoms with E-state index < -0.39 is 0 Å². The summed E-state index contributed by atoms with van der Waals surface area (Å²) in [5, 5.41) is 0. The molecule has 0 aliphatic carbocycles. The van der Waals surface area contributed by atoms with E-state index in [1.165, 1.54) is 16.7 Å². The summed E-state index contributed by atoms with van der Waals surface area (Å²) in [5.41, 5.74) is 3.88. The van der Waals surface area contributed by atoms with Gasteiger partial charge in [0.25, 0.3) is 0 Å². The number of hydrogen-bond donors (Lipinski definition) is 0. The molecule has 0 fully saturated rings. The van der Waals surface area contributed by atoms with Gasteiger partial charge < -0.3 is 0 Å². The highest BCUT2D eigenvalue weighted by Crippen LogP contribution is 2.25. The first-order chi connectivity index (χ1) is 7.73. The summed E-state index contributed by atoms with van der Waals surface area (Å²) in [6.07, 6.45) is 0. The van der Waals surface area contributed by atoms with Crippen molar-refractivity contribution in [3.63, 3.8) is 0 Å². The number of hydrogen-bond acceptors (Lipinski definition) is 1. The summed E-state index contributed by atoms with van der Waals surface area (Å²) in [6.45, 7) is 15.3. The highest BCUT2D eigenvalue weighted by atomic mass is 15.2. The first kappa shape index (κ1) is 14.0. The molecule has 94 valence electrons. The lowest BCUT2D eigenvalue weighted by Crippen LogP contribution is -2.44. The third-order valence-corrected chi connectivity index (χ3v) is 3.53. The zero-order valence-corrected chi connectivity index (χ0v) is 12.0. The lowest BCUT2D eigenvalue weighted by Gasteiger charge is -2.38. The fourth-order valence-corrected chi connectivity index (χ4v) is 1.90. The molecule has 0 saturated heterocycles. The van der Waals surface area contributed by atoms with E-state index in [2.05, 4.69) is 77.4 Å². The Bertz CT molecular complexity index is 398. The SMILES string of the molecule is C=C(c1cccc(C)c1)C(C)N(C)C(C)(C)C. The Morgan fingerprint density at radius 3 is 2.35 bits per heavy atom. The third-order valence-electron chi connectivity index (χ3n) is 3.53. The Labute approximate surface area is 106 Å². The molecule has 0 aliphatic rings. The zero-order valence-electron chi connectivity index (χ0n) is 12.0. The fourth-order valence-electron chi connectivity index (χ4n) is 1.90. The van der Waals surface area contributed by atoms with Crippen LogP contribution in [0.4, 0.5) is 0 Å². The minimum atomic E-state index is 0.159. The molecule has 1 rings (SSSR count). The van der Waals surface area contributed by atoms with Crippen LogP contribution >= 0.6 is 0 Å². The predicted molar refractivity (Wildman–Crippen MR) is 77.2 cm³/mol. The van der Waals surface area contributed by atoms with Gasteiger partial charge in [-0.05, 0) is 52.8 Å². The van der Waals surface area contributed by atoms with Crippen LogP contribution in [0.3, 0.4) is 0 Å². The van der Waals surface area contributed by atoms with Crippen LogP contribution in [0.5, 0.6) is 0 Å². The molecule has 0 spiro atoms. The average molecular weight is 231 g/mol. The second-order valence-corrected chi connectivity index (χ2v) is 5.85. The van der Waals surface area contributed by atoms with Gasteiger partial charge in [-0.1, -0.05) is 36.4 Å². The van der Waals surface area contributed by atoms with Crippen molar-refractivity contribution in [2.45, 2.75) is 46.2 Å². The van der Waals surface area contributed by atoms with Crippen molar-refractivity contribution in [2.24, 2.45) is 0 Å². The van der Waals surface area contributed by atoms with E-state index in [1.54, 1.807) is 0 Å². The van der Waals surface area contributed by atoms with Crippen LogP contribution in [0.15, 0.2) is 30.8 Å². The summed E-state index contributed by atoms with van der Waals surface area (Å²) in [6, 6.07) is 8.91. The van der Waals surface area contributed by atoms with Crippen molar-refractivity contribution < 1.29 is 0 Å². The first-order valence-electron chi connectivity index (χ1n) is 6.22. The van der Waals surface area contributed by atoms with E-state index >= 15 is 0 Å². The Hall–Kier alpha value is -1.08. The van der Waals surface area contributed by atoms with Gasteiger partial charge in [0, 0.05) is 11.6 Å². The van der Waals surface area contributed by atoms with Gasteiger partial charge >= 0.3 is 0 Å². The van der Waals surface area contributed by atoms with E-state index in [9.17, 15) is 0 Å². The molecule has 1 unspecified atom stereocenters. The van der Waals surface area contributed by atoms with Crippen molar-refractivity contribution in [3.05, 3.63) is 42.0 Å². The van der Waals surface area contributed by atoms with Gasteiger partial charge in [-0.25, -0.2) is 0 Å².